The number of carboxylic acids is 1. The van der Waals surface area contributed by atoms with Gasteiger partial charge in [0.2, 0.25) is 0 Å². The summed E-state index contributed by atoms with van der Waals surface area (Å²) in [7, 11) is 0. The lowest BCUT2D eigenvalue weighted by Crippen LogP contribution is -2.04. The molecule has 0 atom stereocenters. The van der Waals surface area contributed by atoms with Gasteiger partial charge in [0.15, 0.2) is 0 Å². The van der Waals surface area contributed by atoms with E-state index in [4.69, 9.17) is 5.11 Å². The number of hydrogen-bond donors (Lipinski definition) is 2. The van der Waals surface area contributed by atoms with Crippen LogP contribution >= 0.6 is 11.3 Å². The number of thiophene rings is 1. The van der Waals surface area contributed by atoms with Gasteiger partial charge in [0.1, 0.15) is 4.88 Å². The van der Waals surface area contributed by atoms with Crippen LogP contribution in [0.2, 0.25) is 0 Å². The SMILES string of the molecule is Cc1ccccc1NCc1ccsc1C(=O)O. The Morgan fingerprint density at radius 1 is 1.35 bits per heavy atom. The molecule has 4 heteroatoms. The summed E-state index contributed by atoms with van der Waals surface area (Å²) in [5.74, 6) is -0.860. The predicted molar refractivity (Wildman–Crippen MR) is 69.8 cm³/mol. The van der Waals surface area contributed by atoms with Crippen LogP contribution in [0.1, 0.15) is 20.8 Å². The molecule has 0 saturated heterocycles. The van der Waals surface area contributed by atoms with Crippen LogP contribution < -0.4 is 5.32 Å². The predicted octanol–water partition coefficient (Wildman–Crippen LogP) is 3.37. The zero-order valence-corrected chi connectivity index (χ0v) is 10.3. The standard InChI is InChI=1S/C13H13NO2S/c1-9-4-2-3-5-11(9)14-8-10-6-7-17-12(10)13(15)16/h2-7,14H,8H2,1H3,(H,15,16). The average molecular weight is 247 g/mol. The van der Waals surface area contributed by atoms with E-state index in [1.807, 2.05) is 37.3 Å². The van der Waals surface area contributed by atoms with Crippen molar-refractivity contribution >= 4 is 23.0 Å². The molecule has 2 rings (SSSR count). The Bertz CT molecular complexity index is 534. The van der Waals surface area contributed by atoms with Gasteiger partial charge in [0.25, 0.3) is 0 Å². The third-order valence-corrected chi connectivity index (χ3v) is 3.50. The van der Waals surface area contributed by atoms with Gasteiger partial charge in [-0.2, -0.15) is 0 Å². The zero-order chi connectivity index (χ0) is 12.3. The fraction of sp³-hybridized carbons (Fsp3) is 0.154. The number of aryl methyl sites for hydroxylation is 1. The molecule has 0 spiro atoms. The van der Waals surface area contributed by atoms with Gasteiger partial charge in [-0.15, -0.1) is 11.3 Å². The van der Waals surface area contributed by atoms with Crippen LogP contribution in [0.4, 0.5) is 5.69 Å². The molecule has 0 unspecified atom stereocenters. The van der Waals surface area contributed by atoms with Crippen LogP contribution in [0.3, 0.4) is 0 Å². The van der Waals surface area contributed by atoms with Crippen LogP contribution in [0.5, 0.6) is 0 Å². The number of benzene rings is 1. The molecule has 1 aromatic carbocycles. The van der Waals surface area contributed by atoms with Crippen molar-refractivity contribution in [1.82, 2.24) is 0 Å². The highest BCUT2D eigenvalue weighted by molar-refractivity contribution is 7.12. The quantitative estimate of drug-likeness (QED) is 0.871. The second kappa shape index (κ2) is 5.01. The molecule has 0 radical (unpaired) electrons. The highest BCUT2D eigenvalue weighted by Crippen LogP contribution is 2.19. The average Bonchev–Trinajstić information content (AvgIpc) is 2.76. The summed E-state index contributed by atoms with van der Waals surface area (Å²) in [6.45, 7) is 2.56. The Morgan fingerprint density at radius 3 is 2.82 bits per heavy atom. The fourth-order valence-corrected chi connectivity index (χ4v) is 2.39. The minimum absolute atomic E-state index is 0.408. The van der Waals surface area contributed by atoms with Crippen molar-refractivity contribution in [3.63, 3.8) is 0 Å². The Kier molecular flexibility index (Phi) is 3.44. The maximum atomic E-state index is 10.9. The summed E-state index contributed by atoms with van der Waals surface area (Å²) >= 11 is 1.26. The van der Waals surface area contributed by atoms with E-state index in [0.29, 0.717) is 11.4 Å². The number of hydrogen-bond acceptors (Lipinski definition) is 3. The number of anilines is 1. The maximum Gasteiger partial charge on any atom is 0.346 e. The third-order valence-electron chi connectivity index (χ3n) is 2.56. The van der Waals surface area contributed by atoms with Crippen molar-refractivity contribution in [1.29, 1.82) is 0 Å². The highest BCUT2D eigenvalue weighted by atomic mass is 32.1. The lowest BCUT2D eigenvalue weighted by Gasteiger charge is -2.08. The largest absolute Gasteiger partial charge is 0.477 e. The smallest absolute Gasteiger partial charge is 0.346 e. The minimum Gasteiger partial charge on any atom is -0.477 e. The molecule has 0 amide bonds. The molecule has 1 aromatic heterocycles. The van der Waals surface area contributed by atoms with Gasteiger partial charge < -0.3 is 10.4 Å². The van der Waals surface area contributed by atoms with Gasteiger partial charge >= 0.3 is 5.97 Å². The van der Waals surface area contributed by atoms with Crippen LogP contribution in [-0.2, 0) is 6.54 Å². The van der Waals surface area contributed by atoms with E-state index < -0.39 is 5.97 Å². The van der Waals surface area contributed by atoms with Gasteiger partial charge in [-0.25, -0.2) is 4.79 Å². The lowest BCUT2D eigenvalue weighted by atomic mass is 10.2. The third kappa shape index (κ3) is 2.65. The van der Waals surface area contributed by atoms with Gasteiger partial charge in [-0.1, -0.05) is 18.2 Å². The summed E-state index contributed by atoms with van der Waals surface area (Å²) in [6, 6.07) is 9.80. The fourth-order valence-electron chi connectivity index (χ4n) is 1.62. The minimum atomic E-state index is -0.860. The Hall–Kier alpha value is -1.81. The first-order valence-electron chi connectivity index (χ1n) is 5.27. The van der Waals surface area contributed by atoms with Crippen molar-refractivity contribution in [2.24, 2.45) is 0 Å². The molecule has 1 heterocycles. The first-order chi connectivity index (χ1) is 8.18. The van der Waals surface area contributed by atoms with Crippen LogP contribution in [0.15, 0.2) is 35.7 Å². The van der Waals surface area contributed by atoms with Crippen LogP contribution in [0.25, 0.3) is 0 Å². The Morgan fingerprint density at radius 2 is 2.12 bits per heavy atom. The van der Waals surface area contributed by atoms with Gasteiger partial charge in [-0.3, -0.25) is 0 Å². The number of para-hydroxylation sites is 1. The molecular formula is C13H13NO2S. The van der Waals surface area contributed by atoms with Crippen molar-refractivity contribution in [3.8, 4) is 0 Å². The molecule has 88 valence electrons. The number of carboxylic acid groups (broad SMARTS) is 1. The molecule has 0 bridgehead atoms. The molecule has 0 aliphatic carbocycles. The molecule has 17 heavy (non-hydrogen) atoms. The van der Waals surface area contributed by atoms with Gasteiger partial charge in [0, 0.05) is 12.2 Å². The molecule has 3 nitrogen and oxygen atoms in total. The molecule has 0 fully saturated rings. The molecule has 0 aliphatic rings. The second-order valence-corrected chi connectivity index (χ2v) is 4.66. The molecule has 0 saturated carbocycles. The summed E-state index contributed by atoms with van der Waals surface area (Å²) < 4.78 is 0. The van der Waals surface area contributed by atoms with Gasteiger partial charge in [0.05, 0.1) is 0 Å². The van der Waals surface area contributed by atoms with Gasteiger partial charge in [-0.05, 0) is 35.6 Å². The summed E-state index contributed by atoms with van der Waals surface area (Å²) in [5, 5.41) is 14.0. The van der Waals surface area contributed by atoms with E-state index in [9.17, 15) is 4.79 Å². The summed E-state index contributed by atoms with van der Waals surface area (Å²) in [6.07, 6.45) is 0. The monoisotopic (exact) mass is 247 g/mol. The summed E-state index contributed by atoms with van der Waals surface area (Å²) in [5.41, 5.74) is 3.01. The van der Waals surface area contributed by atoms with E-state index in [1.54, 1.807) is 5.38 Å². The van der Waals surface area contributed by atoms with E-state index >= 15 is 0 Å². The molecule has 2 aromatic rings. The van der Waals surface area contributed by atoms with Crippen molar-refractivity contribution in [3.05, 3.63) is 51.7 Å². The number of rotatable bonds is 4. The molecule has 2 N–H and O–H groups in total. The Balaban J connectivity index is 2.10. The maximum absolute atomic E-state index is 10.9. The Labute approximate surface area is 104 Å². The first kappa shape index (κ1) is 11.7. The number of nitrogens with one attached hydrogen (secondary N) is 1. The topological polar surface area (TPSA) is 49.3 Å². The van der Waals surface area contributed by atoms with E-state index in [0.717, 1.165) is 16.8 Å². The van der Waals surface area contributed by atoms with Crippen LogP contribution in [-0.4, -0.2) is 11.1 Å². The molecular weight excluding hydrogens is 234 g/mol. The van der Waals surface area contributed by atoms with Crippen LogP contribution in [0, 0.1) is 6.92 Å². The van der Waals surface area contributed by atoms with E-state index in [1.165, 1.54) is 11.3 Å². The van der Waals surface area contributed by atoms with E-state index in [-0.39, 0.29) is 0 Å². The number of carbonyl (C=O) groups is 1. The first-order valence-corrected chi connectivity index (χ1v) is 6.15. The normalized spacial score (nSPS) is 10.2. The van der Waals surface area contributed by atoms with Crippen molar-refractivity contribution in [2.75, 3.05) is 5.32 Å². The van der Waals surface area contributed by atoms with Crippen molar-refractivity contribution < 1.29 is 9.90 Å². The number of aromatic carboxylic acids is 1. The second-order valence-electron chi connectivity index (χ2n) is 3.75. The summed E-state index contributed by atoms with van der Waals surface area (Å²) in [4.78, 5) is 11.4. The van der Waals surface area contributed by atoms with Crippen molar-refractivity contribution in [2.45, 2.75) is 13.5 Å². The van der Waals surface area contributed by atoms with E-state index in [2.05, 4.69) is 5.32 Å². The highest BCUT2D eigenvalue weighted by Gasteiger charge is 2.11. The zero-order valence-electron chi connectivity index (χ0n) is 9.43. The lowest BCUT2D eigenvalue weighted by molar-refractivity contribution is 0.0701. The molecule has 0 aliphatic heterocycles.